The highest BCUT2D eigenvalue weighted by Crippen LogP contribution is 2.50. The second-order valence-electron chi connectivity index (χ2n) is 7.77. The number of nitrogens with zero attached hydrogens (tertiary/aromatic N) is 1. The van der Waals surface area contributed by atoms with Crippen molar-refractivity contribution < 1.29 is 49.4 Å². The lowest BCUT2D eigenvalue weighted by Gasteiger charge is -2.38. The number of rotatable bonds is 4. The fourth-order valence-electron chi connectivity index (χ4n) is 4.02. The van der Waals surface area contributed by atoms with Crippen molar-refractivity contribution in [2.45, 2.75) is 67.5 Å². The van der Waals surface area contributed by atoms with Crippen LogP contribution in [0, 0.1) is 5.92 Å². The molecule has 14 heteroatoms. The lowest BCUT2D eigenvalue weighted by molar-refractivity contribution is -0.314. The molecule has 0 aromatic carbocycles. The SMILES string of the molecule is O=C(O)N1CCC2(CC1)C[C@@H](NS(=O)(=O)C1CC1)C(C(C(F)(F)F)C(F)(F)F)O2. The molecular weight excluding hydrogens is 434 g/mol. The third-order valence-corrected chi connectivity index (χ3v) is 7.61. The summed E-state index contributed by atoms with van der Waals surface area (Å²) in [6, 6.07) is -1.72. The Kier molecular flexibility index (Phi) is 5.52. The lowest BCUT2D eigenvalue weighted by Crippen LogP contribution is -2.53. The van der Waals surface area contributed by atoms with E-state index in [1.807, 2.05) is 4.72 Å². The first kappa shape index (κ1) is 22.4. The van der Waals surface area contributed by atoms with Gasteiger partial charge in [0.1, 0.15) is 0 Å². The van der Waals surface area contributed by atoms with E-state index in [1.54, 1.807) is 0 Å². The average molecular weight is 454 g/mol. The predicted octanol–water partition coefficient (Wildman–Crippen LogP) is 2.48. The fourth-order valence-corrected chi connectivity index (χ4v) is 5.60. The van der Waals surface area contributed by atoms with E-state index in [1.165, 1.54) is 0 Å². The number of likely N-dealkylation sites (tertiary alicyclic amines) is 1. The van der Waals surface area contributed by atoms with Crippen molar-refractivity contribution in [1.82, 2.24) is 9.62 Å². The summed E-state index contributed by atoms with van der Waals surface area (Å²) in [5, 5.41) is 8.16. The molecule has 3 aliphatic rings. The van der Waals surface area contributed by atoms with E-state index in [0.717, 1.165) is 4.90 Å². The molecule has 3 fully saturated rings. The number of nitrogens with one attached hydrogen (secondary N) is 1. The van der Waals surface area contributed by atoms with E-state index in [4.69, 9.17) is 9.84 Å². The van der Waals surface area contributed by atoms with Crippen molar-refractivity contribution in [2.75, 3.05) is 13.1 Å². The van der Waals surface area contributed by atoms with Crippen LogP contribution < -0.4 is 4.72 Å². The van der Waals surface area contributed by atoms with Crippen LogP contribution >= 0.6 is 0 Å². The summed E-state index contributed by atoms with van der Waals surface area (Å²) in [7, 11) is -4.08. The van der Waals surface area contributed by atoms with Gasteiger partial charge < -0.3 is 14.7 Å². The van der Waals surface area contributed by atoms with Gasteiger partial charge in [-0.05, 0) is 32.1 Å². The maximum Gasteiger partial charge on any atom is 0.407 e. The minimum absolute atomic E-state index is 0.125. The molecule has 1 aliphatic carbocycles. The maximum atomic E-state index is 13.3. The lowest BCUT2D eigenvalue weighted by atomic mass is 9.86. The van der Waals surface area contributed by atoms with Gasteiger partial charge in [-0.3, -0.25) is 0 Å². The van der Waals surface area contributed by atoms with Crippen molar-refractivity contribution in [3.8, 4) is 0 Å². The van der Waals surface area contributed by atoms with Gasteiger partial charge in [-0.1, -0.05) is 0 Å². The molecule has 1 amide bonds. The van der Waals surface area contributed by atoms with Crippen LogP contribution in [0.15, 0.2) is 0 Å². The van der Waals surface area contributed by atoms with Crippen molar-refractivity contribution >= 4 is 16.1 Å². The Bertz CT molecular complexity index is 729. The van der Waals surface area contributed by atoms with Crippen LogP contribution in [0.2, 0.25) is 0 Å². The molecule has 0 aromatic rings. The number of hydrogen-bond donors (Lipinski definition) is 2. The van der Waals surface area contributed by atoms with Crippen LogP contribution in [0.1, 0.15) is 32.1 Å². The standard InChI is InChI=1S/C15H20F6N2O5S/c16-14(17,18)11(15(19,20)21)10-9(22-29(26,27)8-1-2-8)7-13(28-10)3-5-23(6-4-13)12(24)25/h8-11,22H,1-7H2,(H,24,25)/t9-,10?/m1/s1. The molecule has 2 N–H and O–H groups in total. The van der Waals surface area contributed by atoms with Crippen LogP contribution in [0.3, 0.4) is 0 Å². The highest BCUT2D eigenvalue weighted by atomic mass is 32.2. The van der Waals surface area contributed by atoms with E-state index < -0.39 is 57.4 Å². The Morgan fingerprint density at radius 1 is 1.10 bits per heavy atom. The Hall–Kier alpha value is -1.28. The number of carbonyl (C=O) groups is 1. The van der Waals surface area contributed by atoms with E-state index in [0.29, 0.717) is 0 Å². The average Bonchev–Trinajstić information content (AvgIpc) is 3.32. The topological polar surface area (TPSA) is 95.9 Å². The van der Waals surface area contributed by atoms with Gasteiger partial charge in [0, 0.05) is 13.1 Å². The Labute approximate surface area is 162 Å². The summed E-state index contributed by atoms with van der Waals surface area (Å²) in [6.07, 6.45) is -15.2. The van der Waals surface area contributed by atoms with Crippen molar-refractivity contribution in [2.24, 2.45) is 5.92 Å². The van der Waals surface area contributed by atoms with Crippen molar-refractivity contribution in [3.63, 3.8) is 0 Å². The van der Waals surface area contributed by atoms with Gasteiger partial charge in [-0.2, -0.15) is 26.3 Å². The zero-order chi connectivity index (χ0) is 21.8. The van der Waals surface area contributed by atoms with E-state index >= 15 is 0 Å². The molecule has 3 rings (SSSR count). The van der Waals surface area contributed by atoms with Gasteiger partial charge in [0.15, 0.2) is 5.92 Å². The Morgan fingerprint density at radius 2 is 1.62 bits per heavy atom. The van der Waals surface area contributed by atoms with Gasteiger partial charge in [-0.25, -0.2) is 17.9 Å². The molecular formula is C15H20F6N2O5S. The molecule has 2 heterocycles. The van der Waals surface area contributed by atoms with Crippen LogP contribution in [0.5, 0.6) is 0 Å². The number of halogens is 6. The molecule has 7 nitrogen and oxygen atoms in total. The molecule has 2 aliphatic heterocycles. The predicted molar refractivity (Wildman–Crippen MR) is 85.5 cm³/mol. The van der Waals surface area contributed by atoms with Crippen LogP contribution in [-0.4, -0.2) is 73.0 Å². The smallest absolute Gasteiger partial charge is 0.407 e. The summed E-state index contributed by atoms with van der Waals surface area (Å²) >= 11 is 0. The van der Waals surface area contributed by atoms with Crippen LogP contribution in [-0.2, 0) is 14.8 Å². The summed E-state index contributed by atoms with van der Waals surface area (Å²) in [5.41, 5.74) is -1.46. The Morgan fingerprint density at radius 3 is 2.03 bits per heavy atom. The third kappa shape index (κ3) is 4.74. The largest absolute Gasteiger partial charge is 0.465 e. The number of carboxylic acid groups (broad SMARTS) is 1. The van der Waals surface area contributed by atoms with E-state index in [-0.39, 0.29) is 45.2 Å². The van der Waals surface area contributed by atoms with Gasteiger partial charge in [0.25, 0.3) is 0 Å². The van der Waals surface area contributed by atoms with Crippen molar-refractivity contribution in [1.29, 1.82) is 0 Å². The first-order valence-corrected chi connectivity index (χ1v) is 10.5. The summed E-state index contributed by atoms with van der Waals surface area (Å²) in [4.78, 5) is 12.0. The number of hydrogen-bond acceptors (Lipinski definition) is 4. The minimum atomic E-state index is -5.69. The highest BCUT2D eigenvalue weighted by molar-refractivity contribution is 7.90. The van der Waals surface area contributed by atoms with Crippen molar-refractivity contribution in [3.05, 3.63) is 0 Å². The highest BCUT2D eigenvalue weighted by Gasteiger charge is 2.66. The molecule has 29 heavy (non-hydrogen) atoms. The molecule has 2 saturated heterocycles. The number of ether oxygens (including phenoxy) is 1. The normalized spacial score (nSPS) is 28.3. The van der Waals surface area contributed by atoms with Gasteiger partial charge in [0.2, 0.25) is 10.0 Å². The summed E-state index contributed by atoms with van der Waals surface area (Å²) in [6.45, 7) is -0.264. The Balaban J connectivity index is 1.89. The molecule has 2 atom stereocenters. The molecule has 1 saturated carbocycles. The number of piperidine rings is 1. The van der Waals surface area contributed by atoms with E-state index in [2.05, 4.69) is 0 Å². The fraction of sp³-hybridized carbons (Fsp3) is 0.933. The molecule has 1 unspecified atom stereocenters. The van der Waals surface area contributed by atoms with Gasteiger partial charge in [-0.15, -0.1) is 0 Å². The molecule has 1 spiro atoms. The first-order valence-electron chi connectivity index (χ1n) is 8.95. The van der Waals surface area contributed by atoms with Gasteiger partial charge >= 0.3 is 18.4 Å². The maximum absolute atomic E-state index is 13.3. The van der Waals surface area contributed by atoms with E-state index in [9.17, 15) is 39.6 Å². The summed E-state index contributed by atoms with van der Waals surface area (Å²) in [5.74, 6) is -3.86. The third-order valence-electron chi connectivity index (χ3n) is 5.63. The number of sulfonamides is 1. The first-order chi connectivity index (χ1) is 13.1. The zero-order valence-corrected chi connectivity index (χ0v) is 15.8. The molecule has 0 aromatic heterocycles. The second kappa shape index (κ2) is 7.15. The van der Waals surface area contributed by atoms with Gasteiger partial charge in [0.05, 0.1) is 23.0 Å². The van der Waals surface area contributed by atoms with Crippen LogP contribution in [0.25, 0.3) is 0 Å². The number of amides is 1. The molecule has 168 valence electrons. The zero-order valence-electron chi connectivity index (χ0n) is 15.0. The number of alkyl halides is 6. The second-order valence-corrected chi connectivity index (χ2v) is 9.76. The molecule has 0 radical (unpaired) electrons. The van der Waals surface area contributed by atoms with Crippen LogP contribution in [0.4, 0.5) is 31.1 Å². The molecule has 0 bridgehead atoms. The summed E-state index contributed by atoms with van der Waals surface area (Å²) < 4.78 is 112. The quantitative estimate of drug-likeness (QED) is 0.637. The monoisotopic (exact) mass is 454 g/mol. The minimum Gasteiger partial charge on any atom is -0.465 e.